The molecule has 0 fully saturated rings. The number of nitriles is 1. The summed E-state index contributed by atoms with van der Waals surface area (Å²) in [5, 5.41) is 8.99. The zero-order valence-corrected chi connectivity index (χ0v) is 13.0. The smallest absolute Gasteiger partial charge is 0.218 e. The van der Waals surface area contributed by atoms with Gasteiger partial charge in [0, 0.05) is 13.6 Å². The van der Waals surface area contributed by atoms with E-state index in [-0.39, 0.29) is 5.75 Å². The summed E-state index contributed by atoms with van der Waals surface area (Å²) >= 11 is 0. The SMILES string of the molecule is CN(C)CCCN(C)S(=O)(=O)Cc1ccccc1C#N. The summed E-state index contributed by atoms with van der Waals surface area (Å²) in [5.41, 5.74) is 0.965. The van der Waals surface area contributed by atoms with Crippen molar-refractivity contribution >= 4 is 10.0 Å². The molecule has 0 N–H and O–H groups in total. The molecule has 0 aliphatic rings. The first-order valence-corrected chi connectivity index (χ1v) is 8.04. The Morgan fingerprint density at radius 1 is 1.15 bits per heavy atom. The molecule has 1 rings (SSSR count). The van der Waals surface area contributed by atoms with Crippen molar-refractivity contribution in [3.63, 3.8) is 0 Å². The van der Waals surface area contributed by atoms with Crippen LogP contribution >= 0.6 is 0 Å². The minimum absolute atomic E-state index is 0.130. The Hall–Kier alpha value is -1.42. The highest BCUT2D eigenvalue weighted by atomic mass is 32.2. The summed E-state index contributed by atoms with van der Waals surface area (Å²) in [4.78, 5) is 2.02. The Bertz CT molecular complexity index is 576. The predicted molar refractivity (Wildman–Crippen MR) is 79.6 cm³/mol. The highest BCUT2D eigenvalue weighted by molar-refractivity contribution is 7.88. The summed E-state index contributed by atoms with van der Waals surface area (Å²) in [6.07, 6.45) is 0.780. The van der Waals surface area contributed by atoms with Crippen molar-refractivity contribution < 1.29 is 8.42 Å². The molecule has 0 bridgehead atoms. The molecule has 0 heterocycles. The maximum Gasteiger partial charge on any atom is 0.218 e. The molecule has 0 spiro atoms. The number of benzene rings is 1. The highest BCUT2D eigenvalue weighted by Crippen LogP contribution is 2.14. The van der Waals surface area contributed by atoms with Crippen molar-refractivity contribution in [2.24, 2.45) is 0 Å². The van der Waals surface area contributed by atoms with Crippen LogP contribution in [0, 0.1) is 11.3 Å². The summed E-state index contributed by atoms with van der Waals surface area (Å²) in [6.45, 7) is 1.32. The molecule has 0 aliphatic carbocycles. The second-order valence-electron chi connectivity index (χ2n) is 5.00. The molecular formula is C14H21N3O2S. The average molecular weight is 295 g/mol. The van der Waals surface area contributed by atoms with Gasteiger partial charge in [0.05, 0.1) is 17.4 Å². The van der Waals surface area contributed by atoms with Gasteiger partial charge in [-0.2, -0.15) is 5.26 Å². The van der Waals surface area contributed by atoms with Crippen molar-refractivity contribution in [1.82, 2.24) is 9.21 Å². The average Bonchev–Trinajstić information content (AvgIpc) is 2.38. The number of hydrogen-bond donors (Lipinski definition) is 0. The fourth-order valence-electron chi connectivity index (χ4n) is 1.81. The highest BCUT2D eigenvalue weighted by Gasteiger charge is 2.19. The Morgan fingerprint density at radius 3 is 2.40 bits per heavy atom. The molecule has 0 radical (unpaired) electrons. The number of hydrogen-bond acceptors (Lipinski definition) is 4. The van der Waals surface area contributed by atoms with E-state index in [2.05, 4.69) is 0 Å². The van der Waals surface area contributed by atoms with E-state index < -0.39 is 10.0 Å². The third kappa shape index (κ3) is 4.93. The van der Waals surface area contributed by atoms with Crippen LogP contribution in [0.3, 0.4) is 0 Å². The van der Waals surface area contributed by atoms with Crippen LogP contribution in [-0.4, -0.2) is 51.9 Å². The number of nitrogens with zero attached hydrogens (tertiary/aromatic N) is 3. The van der Waals surface area contributed by atoms with E-state index in [9.17, 15) is 8.42 Å². The molecule has 0 atom stereocenters. The molecular weight excluding hydrogens is 274 g/mol. The largest absolute Gasteiger partial charge is 0.309 e. The van der Waals surface area contributed by atoms with Gasteiger partial charge in [0.2, 0.25) is 10.0 Å². The predicted octanol–water partition coefficient (Wildman–Crippen LogP) is 1.27. The topological polar surface area (TPSA) is 64.4 Å². The first-order valence-electron chi connectivity index (χ1n) is 6.43. The Kier molecular flexibility index (Phi) is 6.14. The van der Waals surface area contributed by atoms with Crippen molar-refractivity contribution in [2.45, 2.75) is 12.2 Å². The van der Waals surface area contributed by atoms with E-state index in [1.165, 1.54) is 4.31 Å². The Labute approximate surface area is 121 Å². The van der Waals surface area contributed by atoms with E-state index >= 15 is 0 Å². The Balaban J connectivity index is 2.72. The van der Waals surface area contributed by atoms with Crippen molar-refractivity contribution in [1.29, 1.82) is 5.26 Å². The minimum atomic E-state index is -3.38. The van der Waals surface area contributed by atoms with Crippen LogP contribution in [0.25, 0.3) is 0 Å². The molecule has 0 saturated carbocycles. The molecule has 0 aromatic heterocycles. The van der Waals surface area contributed by atoms with E-state index in [1.807, 2.05) is 25.1 Å². The molecule has 5 nitrogen and oxygen atoms in total. The fraction of sp³-hybridized carbons (Fsp3) is 0.500. The molecule has 110 valence electrons. The molecule has 0 aliphatic heterocycles. The lowest BCUT2D eigenvalue weighted by molar-refractivity contribution is 0.370. The third-order valence-electron chi connectivity index (χ3n) is 3.03. The Morgan fingerprint density at radius 2 is 1.80 bits per heavy atom. The van der Waals surface area contributed by atoms with Crippen LogP contribution in [0.1, 0.15) is 17.5 Å². The van der Waals surface area contributed by atoms with E-state index in [0.29, 0.717) is 17.7 Å². The molecule has 0 unspecified atom stereocenters. The zero-order chi connectivity index (χ0) is 15.2. The molecule has 20 heavy (non-hydrogen) atoms. The fourth-order valence-corrected chi connectivity index (χ4v) is 3.08. The van der Waals surface area contributed by atoms with Crippen LogP contribution in [0.15, 0.2) is 24.3 Å². The quantitative estimate of drug-likeness (QED) is 0.760. The van der Waals surface area contributed by atoms with Gasteiger partial charge in [0.15, 0.2) is 0 Å². The van der Waals surface area contributed by atoms with Crippen LogP contribution in [0.4, 0.5) is 0 Å². The van der Waals surface area contributed by atoms with Gasteiger partial charge in [-0.1, -0.05) is 18.2 Å². The van der Waals surface area contributed by atoms with Gasteiger partial charge >= 0.3 is 0 Å². The minimum Gasteiger partial charge on any atom is -0.309 e. The van der Waals surface area contributed by atoms with E-state index in [0.717, 1.165) is 13.0 Å². The second kappa shape index (κ2) is 7.39. The number of sulfonamides is 1. The molecule has 1 aromatic carbocycles. The van der Waals surface area contributed by atoms with Gasteiger partial charge in [-0.3, -0.25) is 0 Å². The first kappa shape index (κ1) is 16.6. The lowest BCUT2D eigenvalue weighted by Crippen LogP contribution is -2.31. The van der Waals surface area contributed by atoms with Crippen LogP contribution in [0.5, 0.6) is 0 Å². The lowest BCUT2D eigenvalue weighted by Gasteiger charge is -2.18. The van der Waals surface area contributed by atoms with Crippen molar-refractivity contribution in [3.8, 4) is 6.07 Å². The van der Waals surface area contributed by atoms with Crippen LogP contribution < -0.4 is 0 Å². The molecule has 0 amide bonds. The zero-order valence-electron chi connectivity index (χ0n) is 12.2. The standard InChI is InChI=1S/C14H21N3O2S/c1-16(2)9-6-10-17(3)20(18,19)12-14-8-5-4-7-13(14)11-15/h4-5,7-8H,6,9-10,12H2,1-3H3. The number of rotatable bonds is 7. The third-order valence-corrected chi connectivity index (χ3v) is 4.84. The lowest BCUT2D eigenvalue weighted by atomic mass is 10.1. The normalized spacial score (nSPS) is 11.8. The monoisotopic (exact) mass is 295 g/mol. The van der Waals surface area contributed by atoms with Gasteiger partial charge in [-0.05, 0) is 38.7 Å². The van der Waals surface area contributed by atoms with Crippen LogP contribution in [-0.2, 0) is 15.8 Å². The van der Waals surface area contributed by atoms with E-state index in [1.54, 1.807) is 31.3 Å². The van der Waals surface area contributed by atoms with Crippen molar-refractivity contribution in [2.75, 3.05) is 34.2 Å². The van der Waals surface area contributed by atoms with Gasteiger partial charge in [0.1, 0.15) is 0 Å². The van der Waals surface area contributed by atoms with Gasteiger partial charge < -0.3 is 4.90 Å². The first-order chi connectivity index (χ1) is 9.36. The summed E-state index contributed by atoms with van der Waals surface area (Å²) in [5.74, 6) is -0.130. The van der Waals surface area contributed by atoms with Gasteiger partial charge in [-0.15, -0.1) is 0 Å². The van der Waals surface area contributed by atoms with E-state index in [4.69, 9.17) is 5.26 Å². The molecule has 6 heteroatoms. The van der Waals surface area contributed by atoms with Gasteiger partial charge in [-0.25, -0.2) is 12.7 Å². The summed E-state index contributed by atoms with van der Waals surface area (Å²) < 4.78 is 25.9. The summed E-state index contributed by atoms with van der Waals surface area (Å²) in [7, 11) is 2.12. The second-order valence-corrected chi connectivity index (χ2v) is 7.08. The maximum absolute atomic E-state index is 12.2. The van der Waals surface area contributed by atoms with Gasteiger partial charge in [0.25, 0.3) is 0 Å². The molecule has 1 aromatic rings. The molecule has 0 saturated heterocycles. The maximum atomic E-state index is 12.2. The van der Waals surface area contributed by atoms with Crippen LogP contribution in [0.2, 0.25) is 0 Å². The van der Waals surface area contributed by atoms with Crippen molar-refractivity contribution in [3.05, 3.63) is 35.4 Å². The summed E-state index contributed by atoms with van der Waals surface area (Å²) in [6, 6.07) is 8.83.